The Balaban J connectivity index is 2.09. The molecule has 4 aliphatic heterocycles. The van der Waals surface area contributed by atoms with E-state index >= 15 is 0 Å². The van der Waals surface area contributed by atoms with Gasteiger partial charge in [-0.05, 0) is 52.2 Å². The average Bonchev–Trinajstić information content (AvgIpc) is 2.97. The van der Waals surface area contributed by atoms with Crippen LogP contribution in [0.5, 0.6) is 0 Å². The third-order valence-corrected chi connectivity index (χ3v) is 18.1. The number of hydrogen-bond acceptors (Lipinski definition) is 2. The zero-order valence-corrected chi connectivity index (χ0v) is 19.7. The van der Waals surface area contributed by atoms with Gasteiger partial charge in [0.25, 0.3) is 0 Å². The van der Waals surface area contributed by atoms with Crippen LogP contribution >= 0.6 is 14.3 Å². The van der Waals surface area contributed by atoms with Crippen molar-refractivity contribution >= 4 is 14.3 Å². The van der Waals surface area contributed by atoms with Crippen LogP contribution in [0.3, 0.4) is 0 Å². The summed E-state index contributed by atoms with van der Waals surface area (Å²) in [6.45, 7) is 21.5. The topological polar surface area (TPSA) is 34.1 Å². The first-order valence-corrected chi connectivity index (χ1v) is 13.3. The summed E-state index contributed by atoms with van der Waals surface area (Å²) in [5, 5.41) is 4.14. The molecule has 0 amide bonds. The van der Waals surface area contributed by atoms with Crippen molar-refractivity contribution in [3.8, 4) is 0 Å². The van der Waals surface area contributed by atoms with Crippen LogP contribution in [0.1, 0.15) is 69.2 Å². The predicted octanol–water partition coefficient (Wildman–Crippen LogP) is 7.69. The molecular formula is C22H32O2P2. The molecule has 0 radical (unpaired) electrons. The van der Waals surface area contributed by atoms with E-state index in [0.29, 0.717) is 0 Å². The summed E-state index contributed by atoms with van der Waals surface area (Å²) in [6, 6.07) is 0. The van der Waals surface area contributed by atoms with Gasteiger partial charge >= 0.3 is 0 Å². The molecule has 0 N–H and O–H groups in total. The van der Waals surface area contributed by atoms with Gasteiger partial charge in [0.1, 0.15) is 14.3 Å². The van der Waals surface area contributed by atoms with Gasteiger partial charge in [0.2, 0.25) is 0 Å². The fraction of sp³-hybridized carbons (Fsp3) is 0.636. The first-order valence-electron chi connectivity index (χ1n) is 9.76. The molecule has 0 fully saturated rings. The van der Waals surface area contributed by atoms with Crippen molar-refractivity contribution in [3.05, 3.63) is 43.5 Å². The van der Waals surface area contributed by atoms with Crippen molar-refractivity contribution in [1.82, 2.24) is 0 Å². The number of hydrogen-bond donors (Lipinski definition) is 0. The van der Waals surface area contributed by atoms with E-state index in [1.165, 1.54) is 22.3 Å². The van der Waals surface area contributed by atoms with Gasteiger partial charge in [-0.25, -0.2) is 0 Å². The van der Waals surface area contributed by atoms with E-state index in [9.17, 15) is 9.13 Å². The summed E-state index contributed by atoms with van der Waals surface area (Å²) in [6.07, 6.45) is 0. The van der Waals surface area contributed by atoms with Crippen molar-refractivity contribution in [2.45, 2.75) is 80.6 Å². The molecule has 6 unspecified atom stereocenters. The smallest absolute Gasteiger partial charge is 0.143 e. The molecule has 142 valence electrons. The molecule has 0 saturated carbocycles. The highest BCUT2D eigenvalue weighted by molar-refractivity contribution is 7.79. The summed E-state index contributed by atoms with van der Waals surface area (Å²) < 4.78 is 29.0. The van der Waals surface area contributed by atoms with Gasteiger partial charge < -0.3 is 9.13 Å². The van der Waals surface area contributed by atoms with E-state index < -0.39 is 14.3 Å². The van der Waals surface area contributed by atoms with Crippen LogP contribution in [0.4, 0.5) is 0 Å². The zero-order valence-electron chi connectivity index (χ0n) is 17.9. The molecule has 4 rings (SSSR count). The Morgan fingerprint density at radius 1 is 0.615 bits per heavy atom. The van der Waals surface area contributed by atoms with E-state index in [4.69, 9.17) is 0 Å². The fourth-order valence-corrected chi connectivity index (χ4v) is 16.4. The SMILES string of the molecule is CC1=C(C)P2(=O)C(C3=C(C)C4(C)C(C)=C(C)P3(=O)C4C)=C(C)C1(C)C2C. The molecule has 4 heterocycles. The molecule has 0 aromatic heterocycles. The zero-order chi connectivity index (χ0) is 19.8. The first-order chi connectivity index (χ1) is 11.7. The highest BCUT2D eigenvalue weighted by Gasteiger charge is 2.68. The summed E-state index contributed by atoms with van der Waals surface area (Å²) in [5.41, 5.74) is 4.86. The minimum absolute atomic E-state index is 0.0886. The summed E-state index contributed by atoms with van der Waals surface area (Å²) in [7, 11) is -5.40. The van der Waals surface area contributed by atoms with Crippen LogP contribution in [-0.4, -0.2) is 11.3 Å². The Bertz CT molecular complexity index is 937. The van der Waals surface area contributed by atoms with Gasteiger partial charge in [-0.1, -0.05) is 50.0 Å². The summed E-state index contributed by atoms with van der Waals surface area (Å²) in [5.74, 6) is 0. The molecule has 2 nitrogen and oxygen atoms in total. The second-order valence-electron chi connectivity index (χ2n) is 9.44. The van der Waals surface area contributed by atoms with Crippen LogP contribution in [0.2, 0.25) is 0 Å². The normalized spacial score (nSPS) is 50.2. The minimum atomic E-state index is -2.70. The van der Waals surface area contributed by atoms with E-state index in [2.05, 4.69) is 69.2 Å². The third kappa shape index (κ3) is 1.41. The van der Waals surface area contributed by atoms with E-state index in [0.717, 1.165) is 21.3 Å². The highest BCUT2D eigenvalue weighted by atomic mass is 31.2. The average molecular weight is 390 g/mol. The van der Waals surface area contributed by atoms with Crippen LogP contribution in [0.15, 0.2) is 43.5 Å². The molecule has 4 aliphatic rings. The molecule has 4 heteroatoms. The van der Waals surface area contributed by atoms with Crippen molar-refractivity contribution in [3.63, 3.8) is 0 Å². The van der Waals surface area contributed by atoms with Crippen molar-refractivity contribution < 1.29 is 9.13 Å². The van der Waals surface area contributed by atoms with Crippen molar-refractivity contribution in [1.29, 1.82) is 0 Å². The number of fused-ring (bicyclic) bond motifs is 4. The molecule has 26 heavy (non-hydrogen) atoms. The number of rotatable bonds is 1. The highest BCUT2D eigenvalue weighted by Crippen LogP contribution is 2.91. The van der Waals surface area contributed by atoms with Gasteiger partial charge in [0, 0.05) is 32.8 Å². The lowest BCUT2D eigenvalue weighted by Gasteiger charge is -2.32. The Morgan fingerprint density at radius 2 is 0.885 bits per heavy atom. The minimum Gasteiger partial charge on any atom is -0.314 e. The quantitative estimate of drug-likeness (QED) is 0.430. The van der Waals surface area contributed by atoms with Crippen LogP contribution in [-0.2, 0) is 9.13 Å². The molecule has 6 atom stereocenters. The lowest BCUT2D eigenvalue weighted by Crippen LogP contribution is -2.24. The van der Waals surface area contributed by atoms with Gasteiger partial charge in [-0.15, -0.1) is 0 Å². The summed E-state index contributed by atoms with van der Waals surface area (Å²) >= 11 is 0. The maximum atomic E-state index is 14.5. The fourth-order valence-electron chi connectivity index (χ4n) is 6.76. The maximum absolute atomic E-state index is 14.5. The lowest BCUT2D eigenvalue weighted by molar-refractivity contribution is 0.477. The van der Waals surface area contributed by atoms with E-state index in [1.54, 1.807) is 0 Å². The third-order valence-electron chi connectivity index (χ3n) is 9.56. The second-order valence-corrected chi connectivity index (χ2v) is 15.9. The molecule has 0 aliphatic carbocycles. The van der Waals surface area contributed by atoms with Crippen LogP contribution in [0, 0.1) is 10.8 Å². The van der Waals surface area contributed by atoms with Crippen LogP contribution < -0.4 is 0 Å². The first kappa shape index (κ1) is 18.8. The molecule has 0 saturated heterocycles. The van der Waals surface area contributed by atoms with E-state index in [1.807, 2.05) is 0 Å². The molecule has 4 bridgehead atoms. The second kappa shape index (κ2) is 4.69. The lowest BCUT2D eigenvalue weighted by atomic mass is 9.72. The molecule has 0 aromatic rings. The monoisotopic (exact) mass is 390 g/mol. The number of allylic oxidation sites excluding steroid dienone is 8. The predicted molar refractivity (Wildman–Crippen MR) is 112 cm³/mol. The maximum Gasteiger partial charge on any atom is 0.143 e. The Hall–Kier alpha value is -0.580. The Kier molecular flexibility index (Phi) is 3.39. The largest absolute Gasteiger partial charge is 0.314 e. The molecule has 0 spiro atoms. The van der Waals surface area contributed by atoms with Gasteiger partial charge in [-0.3, -0.25) is 0 Å². The van der Waals surface area contributed by atoms with Crippen LogP contribution in [0.25, 0.3) is 0 Å². The van der Waals surface area contributed by atoms with Crippen molar-refractivity contribution in [2.75, 3.05) is 0 Å². The standard InChI is InChI=1S/C22H32O2P2/c1-11-15(5)25(23)17(7)21(11,9)13(3)19(25)20-14(4)22(10)12(2)16(6)26(20,24)18(22)8/h17-18H,1-10H3. The molecular weight excluding hydrogens is 358 g/mol. The van der Waals surface area contributed by atoms with Gasteiger partial charge in [0.05, 0.1) is 0 Å². The Labute approximate surface area is 158 Å². The van der Waals surface area contributed by atoms with Gasteiger partial charge in [0.15, 0.2) is 0 Å². The van der Waals surface area contributed by atoms with Crippen molar-refractivity contribution in [2.24, 2.45) is 10.8 Å². The molecule has 0 aromatic carbocycles. The Morgan fingerprint density at radius 3 is 1.12 bits per heavy atom. The van der Waals surface area contributed by atoms with Gasteiger partial charge in [-0.2, -0.15) is 0 Å². The summed E-state index contributed by atoms with van der Waals surface area (Å²) in [4.78, 5) is 0. The van der Waals surface area contributed by atoms with E-state index in [-0.39, 0.29) is 22.1 Å².